The summed E-state index contributed by atoms with van der Waals surface area (Å²) in [6.07, 6.45) is 2.22. The van der Waals surface area contributed by atoms with Gasteiger partial charge in [0.15, 0.2) is 0 Å². The van der Waals surface area contributed by atoms with E-state index in [-0.39, 0.29) is 6.10 Å². The predicted molar refractivity (Wildman–Crippen MR) is 68.2 cm³/mol. The Morgan fingerprint density at radius 1 is 1.11 bits per heavy atom. The highest BCUT2D eigenvalue weighted by molar-refractivity contribution is 6.53. The molecule has 102 valence electrons. The summed E-state index contributed by atoms with van der Waals surface area (Å²) in [4.78, 5) is 22.5. The van der Waals surface area contributed by atoms with Gasteiger partial charge in [-0.1, -0.05) is 24.1 Å². The standard InChI is InChI=1S/C11H20N2O4Si/c1-3-18(4-2)17-11(15)13-12-10(14)16-9-7-5-6-8-9/h9,18H,3-8H2,1-2H3. The first-order valence-corrected chi connectivity index (χ1v) is 8.59. The van der Waals surface area contributed by atoms with Crippen LogP contribution >= 0.6 is 0 Å². The molecule has 1 saturated carbocycles. The Bertz CT molecular complexity index is 294. The van der Waals surface area contributed by atoms with Crippen LogP contribution in [-0.2, 0) is 9.16 Å². The minimum atomic E-state index is -1.50. The molecule has 0 radical (unpaired) electrons. The molecule has 0 aromatic rings. The van der Waals surface area contributed by atoms with E-state index in [1.807, 2.05) is 13.8 Å². The predicted octanol–water partition coefficient (Wildman–Crippen LogP) is 3.42. The van der Waals surface area contributed by atoms with Crippen LogP contribution in [-0.4, -0.2) is 27.3 Å². The highest BCUT2D eigenvalue weighted by Gasteiger charge is 2.19. The molecular formula is C11H20N2O4Si. The van der Waals surface area contributed by atoms with E-state index in [1.54, 1.807) is 0 Å². The number of carbonyl (C=O) groups is 2. The summed E-state index contributed by atoms with van der Waals surface area (Å²) < 4.78 is 10.1. The first-order valence-electron chi connectivity index (χ1n) is 6.48. The van der Waals surface area contributed by atoms with Crippen molar-refractivity contribution in [1.29, 1.82) is 0 Å². The molecule has 1 aliphatic rings. The van der Waals surface area contributed by atoms with Crippen LogP contribution in [0.15, 0.2) is 10.2 Å². The van der Waals surface area contributed by atoms with Crippen LogP contribution in [0.25, 0.3) is 0 Å². The van der Waals surface area contributed by atoms with Gasteiger partial charge in [-0.25, -0.2) is 9.59 Å². The lowest BCUT2D eigenvalue weighted by Gasteiger charge is -2.09. The van der Waals surface area contributed by atoms with Gasteiger partial charge >= 0.3 is 12.2 Å². The Morgan fingerprint density at radius 2 is 1.67 bits per heavy atom. The van der Waals surface area contributed by atoms with Crippen LogP contribution in [0.5, 0.6) is 0 Å². The van der Waals surface area contributed by atoms with Gasteiger partial charge in [0.25, 0.3) is 0 Å². The van der Waals surface area contributed by atoms with E-state index in [4.69, 9.17) is 9.16 Å². The van der Waals surface area contributed by atoms with Gasteiger partial charge in [0.05, 0.1) is 0 Å². The van der Waals surface area contributed by atoms with Gasteiger partial charge in [0.2, 0.25) is 9.04 Å². The average Bonchev–Trinajstić information content (AvgIpc) is 2.86. The fourth-order valence-electron chi connectivity index (χ4n) is 1.88. The Labute approximate surface area is 108 Å². The van der Waals surface area contributed by atoms with Crippen molar-refractivity contribution in [2.24, 2.45) is 10.2 Å². The molecule has 0 N–H and O–H groups in total. The SMILES string of the molecule is CC[SiH](CC)OC(=O)N=NC(=O)OC1CCCC1. The van der Waals surface area contributed by atoms with Crippen LogP contribution in [0.2, 0.25) is 12.1 Å². The zero-order valence-corrected chi connectivity index (χ0v) is 12.1. The third-order valence-corrected chi connectivity index (χ3v) is 5.32. The average molecular weight is 272 g/mol. The van der Waals surface area contributed by atoms with E-state index >= 15 is 0 Å². The number of hydrogen-bond donors (Lipinski definition) is 0. The third kappa shape index (κ3) is 5.39. The maximum atomic E-state index is 11.3. The van der Waals surface area contributed by atoms with Crippen LogP contribution in [0, 0.1) is 0 Å². The van der Waals surface area contributed by atoms with Gasteiger partial charge in [-0.15, -0.1) is 0 Å². The fourth-order valence-corrected chi connectivity index (χ4v) is 3.12. The number of rotatable bonds is 4. The molecule has 0 heterocycles. The smallest absolute Gasteiger partial charge is 0.452 e. The van der Waals surface area contributed by atoms with Crippen LogP contribution in [0.4, 0.5) is 9.59 Å². The minimum Gasteiger partial charge on any atom is -0.504 e. The van der Waals surface area contributed by atoms with Gasteiger partial charge in [0.1, 0.15) is 6.10 Å². The molecule has 0 atom stereocenters. The molecule has 1 aliphatic carbocycles. The first-order chi connectivity index (χ1) is 8.65. The van der Waals surface area contributed by atoms with Gasteiger partial charge in [0, 0.05) is 0 Å². The molecule has 1 fully saturated rings. The molecule has 0 bridgehead atoms. The van der Waals surface area contributed by atoms with Gasteiger partial charge < -0.3 is 9.16 Å². The second kappa shape index (κ2) is 7.96. The van der Waals surface area contributed by atoms with E-state index in [9.17, 15) is 9.59 Å². The molecule has 0 aliphatic heterocycles. The van der Waals surface area contributed by atoms with Crippen molar-refractivity contribution in [3.63, 3.8) is 0 Å². The molecule has 1 rings (SSSR count). The highest BCUT2D eigenvalue weighted by Crippen LogP contribution is 2.21. The Kier molecular flexibility index (Phi) is 6.56. The van der Waals surface area contributed by atoms with Crippen molar-refractivity contribution in [3.8, 4) is 0 Å². The lowest BCUT2D eigenvalue weighted by molar-refractivity contribution is 0.108. The normalized spacial score (nSPS) is 16.4. The number of azo groups is 1. The van der Waals surface area contributed by atoms with Crippen molar-refractivity contribution >= 4 is 21.2 Å². The number of carbonyl (C=O) groups excluding carboxylic acids is 2. The molecular weight excluding hydrogens is 252 g/mol. The van der Waals surface area contributed by atoms with E-state index in [0.717, 1.165) is 37.8 Å². The zero-order valence-electron chi connectivity index (χ0n) is 10.9. The first kappa shape index (κ1) is 14.8. The number of ether oxygens (including phenoxy) is 1. The highest BCUT2D eigenvalue weighted by atomic mass is 28.3. The second-order valence-electron chi connectivity index (χ2n) is 4.31. The molecule has 18 heavy (non-hydrogen) atoms. The number of nitrogens with zero attached hydrogens (tertiary/aromatic N) is 2. The third-order valence-electron chi connectivity index (χ3n) is 2.96. The molecule has 2 amide bonds. The Balaban J connectivity index is 2.28. The van der Waals surface area contributed by atoms with Gasteiger partial charge in [-0.05, 0) is 37.8 Å². The topological polar surface area (TPSA) is 77.3 Å². The summed E-state index contributed by atoms with van der Waals surface area (Å²) in [6.45, 7) is 3.94. The van der Waals surface area contributed by atoms with Crippen molar-refractivity contribution in [3.05, 3.63) is 0 Å². The summed E-state index contributed by atoms with van der Waals surface area (Å²) in [7, 11) is -1.50. The monoisotopic (exact) mass is 272 g/mol. The molecule has 0 aromatic heterocycles. The summed E-state index contributed by atoms with van der Waals surface area (Å²) >= 11 is 0. The van der Waals surface area contributed by atoms with E-state index in [2.05, 4.69) is 10.2 Å². The van der Waals surface area contributed by atoms with Crippen molar-refractivity contribution in [1.82, 2.24) is 0 Å². The molecule has 7 heteroatoms. The fraction of sp³-hybridized carbons (Fsp3) is 0.818. The van der Waals surface area contributed by atoms with Crippen LogP contribution < -0.4 is 0 Å². The minimum absolute atomic E-state index is 0.0686. The quantitative estimate of drug-likeness (QED) is 0.580. The molecule has 0 unspecified atom stereocenters. The lowest BCUT2D eigenvalue weighted by Crippen LogP contribution is -2.18. The van der Waals surface area contributed by atoms with Gasteiger partial charge in [-0.3, -0.25) is 0 Å². The summed E-state index contributed by atoms with van der Waals surface area (Å²) in [5, 5.41) is 6.45. The van der Waals surface area contributed by atoms with E-state index in [1.165, 1.54) is 0 Å². The van der Waals surface area contributed by atoms with E-state index in [0.29, 0.717) is 0 Å². The van der Waals surface area contributed by atoms with Gasteiger partial charge in [-0.2, -0.15) is 0 Å². The largest absolute Gasteiger partial charge is 0.504 e. The molecule has 0 saturated heterocycles. The molecule has 0 spiro atoms. The summed E-state index contributed by atoms with van der Waals surface area (Å²) in [5.41, 5.74) is 0. The van der Waals surface area contributed by atoms with Crippen molar-refractivity contribution in [2.75, 3.05) is 0 Å². The summed E-state index contributed by atoms with van der Waals surface area (Å²) in [6, 6.07) is 1.70. The maximum Gasteiger partial charge on any atom is 0.452 e. The zero-order chi connectivity index (χ0) is 13.4. The maximum absolute atomic E-state index is 11.3. The van der Waals surface area contributed by atoms with Crippen LogP contribution in [0.3, 0.4) is 0 Å². The molecule has 0 aromatic carbocycles. The second-order valence-corrected chi connectivity index (χ2v) is 7.43. The van der Waals surface area contributed by atoms with Crippen molar-refractivity contribution in [2.45, 2.75) is 57.7 Å². The van der Waals surface area contributed by atoms with Crippen molar-refractivity contribution < 1.29 is 18.8 Å². The summed E-state index contributed by atoms with van der Waals surface area (Å²) in [5.74, 6) is 0. The number of amides is 2. The Hall–Kier alpha value is -1.24. The van der Waals surface area contributed by atoms with Crippen LogP contribution in [0.1, 0.15) is 39.5 Å². The Morgan fingerprint density at radius 3 is 2.22 bits per heavy atom. The molecule has 6 nitrogen and oxygen atoms in total. The number of hydrogen-bond acceptors (Lipinski definition) is 4. The lowest BCUT2D eigenvalue weighted by atomic mass is 10.3. The van der Waals surface area contributed by atoms with E-state index < -0.39 is 21.2 Å².